The molecule has 4 nitrogen and oxygen atoms in total. The molecule has 0 aromatic carbocycles. The predicted molar refractivity (Wildman–Crippen MR) is 49.5 cm³/mol. The van der Waals surface area contributed by atoms with Gasteiger partial charge in [0.15, 0.2) is 0 Å². The van der Waals surface area contributed by atoms with Gasteiger partial charge in [-0.25, -0.2) is 5.43 Å². The topological polar surface area (TPSA) is 54.6 Å². The van der Waals surface area contributed by atoms with Gasteiger partial charge in [0.05, 0.1) is 11.8 Å². The minimum Gasteiger partial charge on any atom is -0.472 e. The van der Waals surface area contributed by atoms with E-state index in [0.29, 0.717) is 11.5 Å². The van der Waals surface area contributed by atoms with Gasteiger partial charge in [-0.05, 0) is 12.0 Å². The fraction of sp³-hybridized carbons (Fsp3) is 0.333. The Morgan fingerprint density at radius 2 is 2.46 bits per heavy atom. The van der Waals surface area contributed by atoms with Crippen LogP contribution in [0.4, 0.5) is 0 Å². The maximum absolute atomic E-state index is 11.2. The minimum atomic E-state index is -0.259. The maximum atomic E-state index is 11.2. The molecule has 1 heterocycles. The number of hydrogen-bond acceptors (Lipinski definition) is 3. The summed E-state index contributed by atoms with van der Waals surface area (Å²) >= 11 is 0. The lowest BCUT2D eigenvalue weighted by atomic mass is 10.3. The van der Waals surface area contributed by atoms with Crippen LogP contribution in [0.1, 0.15) is 24.2 Å². The molecule has 1 amide bonds. The van der Waals surface area contributed by atoms with Crippen LogP contribution in [-0.2, 0) is 0 Å². The molecule has 0 saturated carbocycles. The molecule has 1 rings (SSSR count). The minimum absolute atomic E-state index is 0.259. The number of rotatable bonds is 3. The quantitative estimate of drug-likeness (QED) is 0.568. The fourth-order valence-electron chi connectivity index (χ4n) is 0.703. The highest BCUT2D eigenvalue weighted by atomic mass is 16.3. The molecule has 13 heavy (non-hydrogen) atoms. The second-order valence-corrected chi connectivity index (χ2v) is 2.98. The van der Waals surface area contributed by atoms with E-state index in [2.05, 4.69) is 10.5 Å². The van der Waals surface area contributed by atoms with Crippen LogP contribution < -0.4 is 5.43 Å². The first kappa shape index (κ1) is 9.51. The van der Waals surface area contributed by atoms with Gasteiger partial charge in [0, 0.05) is 6.21 Å². The lowest BCUT2D eigenvalue weighted by Crippen LogP contribution is -2.17. The molecule has 4 heteroatoms. The lowest BCUT2D eigenvalue weighted by Gasteiger charge is -1.95. The molecule has 0 unspecified atom stereocenters. The molecule has 0 bridgehead atoms. The standard InChI is InChI=1S/C9H12N2O2/c1-7(2)5-10-11-9(12)8-3-4-13-6-8/h3-7H,1-2H3,(H,11,12)/b10-5+. The molecule has 1 N–H and O–H groups in total. The number of carbonyl (C=O) groups is 1. The second kappa shape index (κ2) is 4.45. The summed E-state index contributed by atoms with van der Waals surface area (Å²) in [6, 6.07) is 1.58. The van der Waals surface area contributed by atoms with Crippen molar-refractivity contribution >= 4 is 12.1 Å². The third-order valence-corrected chi connectivity index (χ3v) is 1.32. The van der Waals surface area contributed by atoms with Gasteiger partial charge in [0.1, 0.15) is 6.26 Å². The number of furan rings is 1. The Bertz CT molecular complexity index is 289. The smallest absolute Gasteiger partial charge is 0.274 e. The van der Waals surface area contributed by atoms with E-state index in [-0.39, 0.29) is 5.91 Å². The number of carbonyl (C=O) groups excluding carboxylic acids is 1. The van der Waals surface area contributed by atoms with Crippen LogP contribution in [0.25, 0.3) is 0 Å². The fourth-order valence-corrected chi connectivity index (χ4v) is 0.703. The maximum Gasteiger partial charge on any atom is 0.274 e. The summed E-state index contributed by atoms with van der Waals surface area (Å²) in [4.78, 5) is 11.2. The number of amides is 1. The number of nitrogens with one attached hydrogen (secondary N) is 1. The molecule has 0 spiro atoms. The summed E-state index contributed by atoms with van der Waals surface area (Å²) in [6.45, 7) is 3.96. The van der Waals surface area contributed by atoms with Gasteiger partial charge in [-0.15, -0.1) is 0 Å². The second-order valence-electron chi connectivity index (χ2n) is 2.98. The van der Waals surface area contributed by atoms with E-state index in [1.54, 1.807) is 12.3 Å². The highest BCUT2D eigenvalue weighted by Crippen LogP contribution is 1.98. The lowest BCUT2D eigenvalue weighted by molar-refractivity contribution is 0.0954. The molecule has 1 aromatic heterocycles. The zero-order valence-electron chi connectivity index (χ0n) is 7.65. The third-order valence-electron chi connectivity index (χ3n) is 1.32. The summed E-state index contributed by atoms with van der Waals surface area (Å²) in [5.41, 5.74) is 2.86. The zero-order valence-corrected chi connectivity index (χ0v) is 7.65. The number of nitrogens with zero attached hydrogens (tertiary/aromatic N) is 1. The van der Waals surface area contributed by atoms with Gasteiger partial charge in [0.25, 0.3) is 5.91 Å². The van der Waals surface area contributed by atoms with E-state index in [1.165, 1.54) is 12.5 Å². The van der Waals surface area contributed by atoms with Crippen molar-refractivity contribution in [1.82, 2.24) is 5.43 Å². The first-order valence-electron chi connectivity index (χ1n) is 4.06. The Morgan fingerprint density at radius 3 is 3.00 bits per heavy atom. The average Bonchev–Trinajstić information content (AvgIpc) is 2.55. The van der Waals surface area contributed by atoms with Crippen LogP contribution >= 0.6 is 0 Å². The molecule has 0 fully saturated rings. The van der Waals surface area contributed by atoms with E-state index in [9.17, 15) is 4.79 Å². The number of hydrogen-bond donors (Lipinski definition) is 1. The van der Waals surface area contributed by atoms with Gasteiger partial charge < -0.3 is 4.42 Å². The van der Waals surface area contributed by atoms with Crippen LogP contribution in [0, 0.1) is 5.92 Å². The van der Waals surface area contributed by atoms with E-state index < -0.39 is 0 Å². The molecule has 1 aromatic rings. The van der Waals surface area contributed by atoms with Crippen LogP contribution in [0.15, 0.2) is 28.1 Å². The third kappa shape index (κ3) is 3.11. The molecular formula is C9H12N2O2. The molecule has 0 atom stereocenters. The summed E-state index contributed by atoms with van der Waals surface area (Å²) in [5.74, 6) is 0.0651. The van der Waals surface area contributed by atoms with Crippen molar-refractivity contribution in [3.63, 3.8) is 0 Å². The Labute approximate surface area is 76.6 Å². The molecule has 0 radical (unpaired) electrons. The molecule has 70 valence electrons. The zero-order chi connectivity index (χ0) is 9.68. The monoisotopic (exact) mass is 180 g/mol. The Balaban J connectivity index is 2.43. The van der Waals surface area contributed by atoms with E-state index in [0.717, 1.165) is 0 Å². The molecule has 0 aliphatic carbocycles. The van der Waals surface area contributed by atoms with Crippen LogP contribution in [0.2, 0.25) is 0 Å². The first-order valence-corrected chi connectivity index (χ1v) is 4.06. The van der Waals surface area contributed by atoms with Gasteiger partial charge in [0.2, 0.25) is 0 Å². The largest absolute Gasteiger partial charge is 0.472 e. The number of hydrazone groups is 1. The first-order chi connectivity index (χ1) is 6.20. The summed E-state index contributed by atoms with van der Waals surface area (Å²) in [5, 5.41) is 3.76. The Kier molecular flexibility index (Phi) is 3.25. The Hall–Kier alpha value is -1.58. The highest BCUT2D eigenvalue weighted by molar-refractivity contribution is 5.93. The normalized spacial score (nSPS) is 11.0. The van der Waals surface area contributed by atoms with E-state index >= 15 is 0 Å². The van der Waals surface area contributed by atoms with Crippen LogP contribution in [0.3, 0.4) is 0 Å². The van der Waals surface area contributed by atoms with Crippen LogP contribution in [-0.4, -0.2) is 12.1 Å². The van der Waals surface area contributed by atoms with Crippen LogP contribution in [0.5, 0.6) is 0 Å². The predicted octanol–water partition coefficient (Wildman–Crippen LogP) is 1.65. The summed E-state index contributed by atoms with van der Waals surface area (Å²) < 4.78 is 4.75. The van der Waals surface area contributed by atoms with Gasteiger partial charge in [-0.2, -0.15) is 5.10 Å². The van der Waals surface area contributed by atoms with Crippen molar-refractivity contribution in [3.8, 4) is 0 Å². The van der Waals surface area contributed by atoms with Gasteiger partial charge in [-0.3, -0.25) is 4.79 Å². The summed E-state index contributed by atoms with van der Waals surface area (Å²) in [7, 11) is 0. The molecule has 0 saturated heterocycles. The molecule has 0 aliphatic heterocycles. The SMILES string of the molecule is CC(C)/C=N/NC(=O)c1ccoc1. The highest BCUT2D eigenvalue weighted by Gasteiger charge is 2.03. The molecule has 0 aliphatic rings. The van der Waals surface area contributed by atoms with E-state index in [1.807, 2.05) is 13.8 Å². The van der Waals surface area contributed by atoms with Crippen molar-refractivity contribution in [3.05, 3.63) is 24.2 Å². The van der Waals surface area contributed by atoms with Crippen molar-refractivity contribution in [2.75, 3.05) is 0 Å². The van der Waals surface area contributed by atoms with Crippen molar-refractivity contribution in [2.45, 2.75) is 13.8 Å². The summed E-state index contributed by atoms with van der Waals surface area (Å²) in [6.07, 6.45) is 4.49. The van der Waals surface area contributed by atoms with Crippen molar-refractivity contribution in [2.24, 2.45) is 11.0 Å². The van der Waals surface area contributed by atoms with E-state index in [4.69, 9.17) is 4.42 Å². The average molecular weight is 180 g/mol. The Morgan fingerprint density at radius 1 is 1.69 bits per heavy atom. The van der Waals surface area contributed by atoms with Gasteiger partial charge in [-0.1, -0.05) is 13.8 Å². The molecular weight excluding hydrogens is 168 g/mol. The van der Waals surface area contributed by atoms with Crippen molar-refractivity contribution < 1.29 is 9.21 Å². The van der Waals surface area contributed by atoms with Crippen molar-refractivity contribution in [1.29, 1.82) is 0 Å². The van der Waals surface area contributed by atoms with Gasteiger partial charge >= 0.3 is 0 Å².